The molecular formula is C16H27IN4O2. The summed E-state index contributed by atoms with van der Waals surface area (Å²) in [4.78, 5) is 14.5. The monoisotopic (exact) mass is 434 g/mol. The van der Waals surface area contributed by atoms with Crippen LogP contribution in [0, 0.1) is 16.0 Å². The van der Waals surface area contributed by atoms with E-state index >= 15 is 0 Å². The molecule has 0 unspecified atom stereocenters. The summed E-state index contributed by atoms with van der Waals surface area (Å²) in [5.74, 6) is 1.46. The largest absolute Gasteiger partial charge is 0.356 e. The van der Waals surface area contributed by atoms with Crippen LogP contribution < -0.4 is 10.6 Å². The van der Waals surface area contributed by atoms with Gasteiger partial charge in [0.2, 0.25) is 0 Å². The standard InChI is InChI=1S/C16H26N4O2.HI/c1-13(2)7-4-5-10-18-16(17-3)19-12-14-8-6-9-15(11-14)20(21)22;/h6,8-9,11,13H,4-5,7,10,12H2,1-3H3,(H2,17,18,19);1H. The van der Waals surface area contributed by atoms with Crippen LogP contribution in [0.25, 0.3) is 0 Å². The lowest BCUT2D eigenvalue weighted by Gasteiger charge is -2.12. The van der Waals surface area contributed by atoms with Crippen LogP contribution in [0.15, 0.2) is 29.3 Å². The molecule has 1 rings (SSSR count). The van der Waals surface area contributed by atoms with Crippen molar-refractivity contribution >= 4 is 35.6 Å². The van der Waals surface area contributed by atoms with Gasteiger partial charge >= 0.3 is 0 Å². The maximum absolute atomic E-state index is 10.7. The van der Waals surface area contributed by atoms with Crippen LogP contribution >= 0.6 is 24.0 Å². The number of hydrogen-bond acceptors (Lipinski definition) is 3. The number of benzene rings is 1. The average molecular weight is 434 g/mol. The Morgan fingerprint density at radius 2 is 2.04 bits per heavy atom. The summed E-state index contributed by atoms with van der Waals surface area (Å²) in [6, 6.07) is 6.61. The van der Waals surface area contributed by atoms with Gasteiger partial charge in [-0.3, -0.25) is 15.1 Å². The Balaban J connectivity index is 0.00000484. The van der Waals surface area contributed by atoms with Gasteiger partial charge in [0.15, 0.2) is 5.96 Å². The van der Waals surface area contributed by atoms with Crippen LogP contribution in [0.3, 0.4) is 0 Å². The van der Waals surface area contributed by atoms with E-state index in [1.54, 1.807) is 19.2 Å². The lowest BCUT2D eigenvalue weighted by Crippen LogP contribution is -2.37. The molecule has 0 radical (unpaired) electrons. The van der Waals surface area contributed by atoms with E-state index in [0.717, 1.165) is 30.4 Å². The van der Waals surface area contributed by atoms with Gasteiger partial charge < -0.3 is 10.6 Å². The number of nitro benzene ring substituents is 1. The number of nitro groups is 1. The first-order chi connectivity index (χ1) is 10.5. The minimum atomic E-state index is -0.384. The zero-order chi connectivity index (χ0) is 16.4. The van der Waals surface area contributed by atoms with Crippen molar-refractivity contribution in [3.8, 4) is 0 Å². The number of aliphatic imine (C=N–C) groups is 1. The number of halogens is 1. The van der Waals surface area contributed by atoms with E-state index in [9.17, 15) is 10.1 Å². The van der Waals surface area contributed by atoms with E-state index in [2.05, 4.69) is 29.5 Å². The molecule has 0 heterocycles. The highest BCUT2D eigenvalue weighted by molar-refractivity contribution is 14.0. The van der Waals surface area contributed by atoms with Crippen molar-refractivity contribution in [1.82, 2.24) is 10.6 Å². The summed E-state index contributed by atoms with van der Waals surface area (Å²) in [5.41, 5.74) is 0.966. The third-order valence-corrected chi connectivity index (χ3v) is 3.31. The number of hydrogen-bond donors (Lipinski definition) is 2. The van der Waals surface area contributed by atoms with Crippen LogP contribution in [-0.4, -0.2) is 24.5 Å². The van der Waals surface area contributed by atoms with Gasteiger partial charge in [-0.05, 0) is 17.9 Å². The third-order valence-electron chi connectivity index (χ3n) is 3.31. The summed E-state index contributed by atoms with van der Waals surface area (Å²) in [5, 5.41) is 17.2. The van der Waals surface area contributed by atoms with Crippen LogP contribution in [0.2, 0.25) is 0 Å². The van der Waals surface area contributed by atoms with E-state index in [4.69, 9.17) is 0 Å². The Morgan fingerprint density at radius 3 is 2.65 bits per heavy atom. The predicted octanol–water partition coefficient (Wildman–Crippen LogP) is 3.70. The van der Waals surface area contributed by atoms with Crippen molar-refractivity contribution in [2.24, 2.45) is 10.9 Å². The zero-order valence-corrected chi connectivity index (χ0v) is 16.4. The summed E-state index contributed by atoms with van der Waals surface area (Å²) in [6.45, 7) is 5.84. The Kier molecular flexibility index (Phi) is 11.4. The van der Waals surface area contributed by atoms with E-state index < -0.39 is 0 Å². The van der Waals surface area contributed by atoms with E-state index in [1.165, 1.54) is 18.9 Å². The smallest absolute Gasteiger partial charge is 0.269 e. The highest BCUT2D eigenvalue weighted by Crippen LogP contribution is 2.12. The number of guanidine groups is 1. The van der Waals surface area contributed by atoms with Crippen molar-refractivity contribution in [1.29, 1.82) is 0 Å². The summed E-state index contributed by atoms with van der Waals surface area (Å²) in [6.07, 6.45) is 3.55. The Labute approximate surface area is 155 Å². The predicted molar refractivity (Wildman–Crippen MR) is 105 cm³/mol. The van der Waals surface area contributed by atoms with Gasteiger partial charge in [0.1, 0.15) is 0 Å². The van der Waals surface area contributed by atoms with Gasteiger partial charge in [0.05, 0.1) is 4.92 Å². The third kappa shape index (κ3) is 9.37. The minimum absolute atomic E-state index is 0. The molecule has 0 saturated heterocycles. The second-order valence-electron chi connectivity index (χ2n) is 5.67. The topological polar surface area (TPSA) is 79.6 Å². The number of non-ortho nitro benzene ring substituents is 1. The molecule has 7 heteroatoms. The second kappa shape index (κ2) is 12.1. The van der Waals surface area contributed by atoms with Crippen molar-refractivity contribution < 1.29 is 4.92 Å². The molecule has 0 aromatic heterocycles. The zero-order valence-electron chi connectivity index (χ0n) is 14.0. The first kappa shape index (κ1) is 21.6. The lowest BCUT2D eigenvalue weighted by molar-refractivity contribution is -0.384. The molecule has 0 bridgehead atoms. The lowest BCUT2D eigenvalue weighted by atomic mass is 10.1. The first-order valence-electron chi connectivity index (χ1n) is 7.70. The molecule has 0 aliphatic heterocycles. The molecule has 2 N–H and O–H groups in total. The van der Waals surface area contributed by atoms with Crippen LogP contribution in [0.1, 0.15) is 38.7 Å². The molecule has 0 atom stereocenters. The maximum Gasteiger partial charge on any atom is 0.269 e. The van der Waals surface area contributed by atoms with Crippen LogP contribution in [0.4, 0.5) is 5.69 Å². The fraction of sp³-hybridized carbons (Fsp3) is 0.562. The Morgan fingerprint density at radius 1 is 1.30 bits per heavy atom. The molecule has 130 valence electrons. The van der Waals surface area contributed by atoms with Gasteiger partial charge in [-0.15, -0.1) is 24.0 Å². The van der Waals surface area contributed by atoms with E-state index in [0.29, 0.717) is 6.54 Å². The number of unbranched alkanes of at least 4 members (excludes halogenated alkanes) is 1. The Bertz CT molecular complexity index is 507. The van der Waals surface area contributed by atoms with Gasteiger partial charge in [-0.1, -0.05) is 38.8 Å². The van der Waals surface area contributed by atoms with Gasteiger partial charge in [-0.25, -0.2) is 0 Å². The SMILES string of the molecule is CN=C(NCCCCC(C)C)NCc1cccc([N+](=O)[O-])c1.I. The molecule has 0 aliphatic rings. The van der Waals surface area contributed by atoms with Crippen molar-refractivity contribution in [3.05, 3.63) is 39.9 Å². The van der Waals surface area contributed by atoms with E-state index in [-0.39, 0.29) is 34.6 Å². The maximum atomic E-state index is 10.7. The number of nitrogens with zero attached hydrogens (tertiary/aromatic N) is 2. The molecule has 1 aromatic rings. The van der Waals surface area contributed by atoms with Gasteiger partial charge in [0, 0.05) is 32.3 Å². The molecule has 6 nitrogen and oxygen atoms in total. The second-order valence-corrected chi connectivity index (χ2v) is 5.67. The van der Waals surface area contributed by atoms with Gasteiger partial charge in [-0.2, -0.15) is 0 Å². The molecule has 0 amide bonds. The minimum Gasteiger partial charge on any atom is -0.356 e. The Hall–Kier alpha value is -1.38. The fourth-order valence-corrected chi connectivity index (χ4v) is 2.07. The molecular weight excluding hydrogens is 407 g/mol. The highest BCUT2D eigenvalue weighted by Gasteiger charge is 2.06. The quantitative estimate of drug-likeness (QED) is 0.163. The summed E-state index contributed by atoms with van der Waals surface area (Å²) >= 11 is 0. The normalized spacial score (nSPS) is 11.0. The molecule has 23 heavy (non-hydrogen) atoms. The van der Waals surface area contributed by atoms with Crippen LogP contribution in [0.5, 0.6) is 0 Å². The van der Waals surface area contributed by atoms with Crippen molar-refractivity contribution in [2.75, 3.05) is 13.6 Å². The van der Waals surface area contributed by atoms with E-state index in [1.807, 2.05) is 6.07 Å². The van der Waals surface area contributed by atoms with Crippen molar-refractivity contribution in [2.45, 2.75) is 39.7 Å². The van der Waals surface area contributed by atoms with Crippen LogP contribution in [-0.2, 0) is 6.54 Å². The first-order valence-corrected chi connectivity index (χ1v) is 7.70. The molecule has 0 spiro atoms. The summed E-state index contributed by atoms with van der Waals surface area (Å²) in [7, 11) is 1.72. The molecule has 0 aliphatic carbocycles. The average Bonchev–Trinajstić information content (AvgIpc) is 2.50. The van der Waals surface area contributed by atoms with Gasteiger partial charge in [0.25, 0.3) is 5.69 Å². The fourth-order valence-electron chi connectivity index (χ4n) is 2.07. The number of nitrogens with one attached hydrogen (secondary N) is 2. The highest BCUT2D eigenvalue weighted by atomic mass is 127. The number of rotatable bonds is 8. The van der Waals surface area contributed by atoms with Crippen molar-refractivity contribution in [3.63, 3.8) is 0 Å². The molecule has 0 saturated carbocycles. The molecule has 0 fully saturated rings. The molecule has 1 aromatic carbocycles. The summed E-state index contributed by atoms with van der Waals surface area (Å²) < 4.78 is 0.